The highest BCUT2D eigenvalue weighted by molar-refractivity contribution is 6.30. The van der Waals surface area contributed by atoms with E-state index in [1.807, 2.05) is 13.8 Å². The second-order valence-electron chi connectivity index (χ2n) is 8.46. The molecular formula is C26H33ClN4O4. The summed E-state index contributed by atoms with van der Waals surface area (Å²) in [5.74, 6) is 0.166. The minimum atomic E-state index is -0.664. The second-order valence-corrected chi connectivity index (χ2v) is 8.89. The quantitative estimate of drug-likeness (QED) is 0.566. The Hall–Kier alpha value is -3.26. The number of rotatable bonds is 8. The number of carbonyl (C=O) groups is 3. The summed E-state index contributed by atoms with van der Waals surface area (Å²) >= 11 is 6.01. The zero-order chi connectivity index (χ0) is 25.4. The fourth-order valence-electron chi connectivity index (χ4n) is 4.28. The number of likely N-dealkylation sites (tertiary alicyclic amines) is 1. The fourth-order valence-corrected chi connectivity index (χ4v) is 4.48. The molecule has 0 spiro atoms. The van der Waals surface area contributed by atoms with E-state index < -0.39 is 6.04 Å². The van der Waals surface area contributed by atoms with Gasteiger partial charge in [0.05, 0.1) is 7.11 Å². The van der Waals surface area contributed by atoms with Crippen molar-refractivity contribution in [2.45, 2.75) is 32.7 Å². The van der Waals surface area contributed by atoms with E-state index in [-0.39, 0.29) is 23.8 Å². The number of methoxy groups -OCH3 is 1. The van der Waals surface area contributed by atoms with Crippen molar-refractivity contribution in [3.8, 4) is 5.75 Å². The Labute approximate surface area is 211 Å². The number of amides is 4. The highest BCUT2D eigenvalue weighted by Gasteiger charge is 2.35. The number of nitrogens with zero attached hydrogens (tertiary/aromatic N) is 2. The molecule has 35 heavy (non-hydrogen) atoms. The van der Waals surface area contributed by atoms with Crippen LogP contribution in [0.4, 0.5) is 10.5 Å². The standard InChI is InChI=1S/C26H33ClN4O4/c1-4-30(5-2)25(33)23(29-24(32)19-9-11-22(35-3)12-10-19)18-13-15-31(16-14-18)26(34)28-21-8-6-7-20(27)17-21/h6-12,17-18,23H,4-5,13-16H2,1-3H3,(H,28,34)(H,29,32). The summed E-state index contributed by atoms with van der Waals surface area (Å²) in [6.45, 7) is 5.93. The highest BCUT2D eigenvalue weighted by Crippen LogP contribution is 2.24. The number of carbonyl (C=O) groups excluding carboxylic acids is 3. The number of piperidine rings is 1. The number of ether oxygens (including phenoxy) is 1. The highest BCUT2D eigenvalue weighted by atomic mass is 35.5. The van der Waals surface area contributed by atoms with Gasteiger partial charge in [0.15, 0.2) is 0 Å². The van der Waals surface area contributed by atoms with Crippen LogP contribution in [0.3, 0.4) is 0 Å². The summed E-state index contributed by atoms with van der Waals surface area (Å²) in [6.07, 6.45) is 1.20. The van der Waals surface area contributed by atoms with Crippen LogP contribution in [-0.2, 0) is 4.79 Å². The molecule has 1 aliphatic heterocycles. The Morgan fingerprint density at radius 3 is 2.31 bits per heavy atom. The summed E-state index contributed by atoms with van der Waals surface area (Å²) in [5, 5.41) is 6.39. The Bertz CT molecular complexity index is 1020. The molecule has 1 fully saturated rings. The largest absolute Gasteiger partial charge is 0.497 e. The molecule has 1 atom stereocenters. The number of halogens is 1. The average Bonchev–Trinajstić information content (AvgIpc) is 2.88. The van der Waals surface area contributed by atoms with Gasteiger partial charge in [0.1, 0.15) is 11.8 Å². The Kier molecular flexibility index (Phi) is 9.37. The molecule has 1 heterocycles. The molecule has 1 saturated heterocycles. The molecule has 4 amide bonds. The van der Waals surface area contributed by atoms with Crippen LogP contribution in [0.2, 0.25) is 5.02 Å². The van der Waals surface area contributed by atoms with Crippen LogP contribution < -0.4 is 15.4 Å². The molecular weight excluding hydrogens is 468 g/mol. The predicted molar refractivity (Wildman–Crippen MR) is 137 cm³/mol. The Balaban J connectivity index is 1.68. The number of hydrogen-bond acceptors (Lipinski definition) is 4. The second kappa shape index (κ2) is 12.4. The van der Waals surface area contributed by atoms with Crippen LogP contribution in [0.1, 0.15) is 37.0 Å². The van der Waals surface area contributed by atoms with E-state index in [0.29, 0.717) is 61.0 Å². The molecule has 1 unspecified atom stereocenters. The molecule has 2 aromatic rings. The molecule has 2 aromatic carbocycles. The first-order chi connectivity index (χ1) is 16.9. The van der Waals surface area contributed by atoms with Gasteiger partial charge >= 0.3 is 6.03 Å². The number of nitrogens with one attached hydrogen (secondary N) is 2. The Morgan fingerprint density at radius 1 is 1.09 bits per heavy atom. The summed E-state index contributed by atoms with van der Waals surface area (Å²) in [4.78, 5) is 42.5. The molecule has 9 heteroatoms. The third kappa shape index (κ3) is 6.88. The predicted octanol–water partition coefficient (Wildman–Crippen LogP) is 4.26. The lowest BCUT2D eigenvalue weighted by Gasteiger charge is -2.37. The maximum Gasteiger partial charge on any atom is 0.321 e. The van der Waals surface area contributed by atoms with Gasteiger partial charge in [-0.3, -0.25) is 9.59 Å². The van der Waals surface area contributed by atoms with Gasteiger partial charge in [0.25, 0.3) is 5.91 Å². The SMILES string of the molecule is CCN(CC)C(=O)C(NC(=O)c1ccc(OC)cc1)C1CCN(C(=O)Nc2cccc(Cl)c2)CC1. The maximum absolute atomic E-state index is 13.3. The lowest BCUT2D eigenvalue weighted by molar-refractivity contribution is -0.134. The summed E-state index contributed by atoms with van der Waals surface area (Å²) < 4.78 is 5.16. The molecule has 0 aliphatic carbocycles. The number of benzene rings is 2. The third-order valence-electron chi connectivity index (χ3n) is 6.35. The van der Waals surface area contributed by atoms with Crippen molar-refractivity contribution in [3.05, 3.63) is 59.1 Å². The molecule has 188 valence electrons. The first-order valence-electron chi connectivity index (χ1n) is 11.9. The van der Waals surface area contributed by atoms with E-state index in [4.69, 9.17) is 16.3 Å². The Morgan fingerprint density at radius 2 is 1.74 bits per heavy atom. The van der Waals surface area contributed by atoms with Gasteiger partial charge in [-0.1, -0.05) is 17.7 Å². The van der Waals surface area contributed by atoms with Crippen LogP contribution >= 0.6 is 11.6 Å². The first kappa shape index (κ1) is 26.3. The smallest absolute Gasteiger partial charge is 0.321 e. The van der Waals surface area contributed by atoms with Crippen molar-refractivity contribution in [1.29, 1.82) is 0 Å². The number of anilines is 1. The third-order valence-corrected chi connectivity index (χ3v) is 6.59. The van der Waals surface area contributed by atoms with E-state index in [1.54, 1.807) is 65.4 Å². The zero-order valence-corrected chi connectivity index (χ0v) is 21.2. The average molecular weight is 501 g/mol. The normalized spacial score (nSPS) is 14.7. The number of likely N-dealkylation sites (N-methyl/N-ethyl adjacent to an activating group) is 1. The molecule has 2 N–H and O–H groups in total. The first-order valence-corrected chi connectivity index (χ1v) is 12.3. The maximum atomic E-state index is 13.3. The van der Waals surface area contributed by atoms with Crippen molar-refractivity contribution in [3.63, 3.8) is 0 Å². The van der Waals surface area contributed by atoms with Crippen LogP contribution in [0, 0.1) is 5.92 Å². The van der Waals surface area contributed by atoms with Crippen molar-refractivity contribution in [1.82, 2.24) is 15.1 Å². The zero-order valence-electron chi connectivity index (χ0n) is 20.4. The molecule has 8 nitrogen and oxygen atoms in total. The molecule has 0 radical (unpaired) electrons. The van der Waals surface area contributed by atoms with Gasteiger partial charge in [0.2, 0.25) is 5.91 Å². The molecule has 0 saturated carbocycles. The van der Waals surface area contributed by atoms with E-state index >= 15 is 0 Å². The van der Waals surface area contributed by atoms with Gasteiger partial charge in [-0.2, -0.15) is 0 Å². The van der Waals surface area contributed by atoms with Crippen molar-refractivity contribution >= 4 is 35.1 Å². The summed E-state index contributed by atoms with van der Waals surface area (Å²) in [7, 11) is 1.56. The summed E-state index contributed by atoms with van der Waals surface area (Å²) in [5.41, 5.74) is 1.09. The topological polar surface area (TPSA) is 91.0 Å². The van der Waals surface area contributed by atoms with E-state index in [0.717, 1.165) is 0 Å². The van der Waals surface area contributed by atoms with Crippen LogP contribution in [0.25, 0.3) is 0 Å². The van der Waals surface area contributed by atoms with Crippen LogP contribution in [-0.4, -0.2) is 67.0 Å². The molecule has 0 aromatic heterocycles. The molecule has 0 bridgehead atoms. The monoisotopic (exact) mass is 500 g/mol. The van der Waals surface area contributed by atoms with Gasteiger partial charge in [-0.05, 0) is 75.1 Å². The van der Waals surface area contributed by atoms with Gasteiger partial charge in [-0.15, -0.1) is 0 Å². The number of urea groups is 1. The van der Waals surface area contributed by atoms with Crippen LogP contribution in [0.5, 0.6) is 5.75 Å². The minimum absolute atomic E-state index is 0.0829. The van der Waals surface area contributed by atoms with Gasteiger partial charge < -0.3 is 25.2 Å². The van der Waals surface area contributed by atoms with Crippen LogP contribution in [0.15, 0.2) is 48.5 Å². The fraction of sp³-hybridized carbons (Fsp3) is 0.423. The van der Waals surface area contributed by atoms with E-state index in [1.165, 1.54) is 0 Å². The van der Waals surface area contributed by atoms with E-state index in [2.05, 4.69) is 10.6 Å². The minimum Gasteiger partial charge on any atom is -0.497 e. The van der Waals surface area contributed by atoms with E-state index in [9.17, 15) is 14.4 Å². The number of hydrogen-bond donors (Lipinski definition) is 2. The van der Waals surface area contributed by atoms with Gasteiger partial charge in [0, 0.05) is 42.5 Å². The molecule has 1 aliphatic rings. The summed E-state index contributed by atoms with van der Waals surface area (Å²) in [6, 6.07) is 12.9. The van der Waals surface area contributed by atoms with Crippen molar-refractivity contribution in [2.24, 2.45) is 5.92 Å². The molecule has 3 rings (SSSR count). The van der Waals surface area contributed by atoms with Crippen molar-refractivity contribution in [2.75, 3.05) is 38.6 Å². The lowest BCUT2D eigenvalue weighted by Crippen LogP contribution is -2.55. The lowest BCUT2D eigenvalue weighted by atomic mass is 9.88. The van der Waals surface area contributed by atoms with Gasteiger partial charge in [-0.25, -0.2) is 4.79 Å². The van der Waals surface area contributed by atoms with Crippen molar-refractivity contribution < 1.29 is 19.1 Å².